The van der Waals surface area contributed by atoms with Gasteiger partial charge in [0.15, 0.2) is 0 Å². The van der Waals surface area contributed by atoms with Gasteiger partial charge in [0, 0.05) is 18.8 Å². The smallest absolute Gasteiger partial charge is 0.226 e. The van der Waals surface area contributed by atoms with Crippen molar-refractivity contribution < 1.29 is 9.84 Å². The molecule has 0 spiro atoms. The first-order valence-corrected chi connectivity index (χ1v) is 6.49. The first-order valence-electron chi connectivity index (χ1n) is 6.49. The standard InChI is InChI=1S/C13H23N3O2/c1-4-7-18-12-5-6-14-13(16-12)15-9-11(17)8-10(2)3/h5-6,10-11,17H,4,7-9H2,1-3H3,(H,14,15,16). The third-order valence-electron chi connectivity index (χ3n) is 2.32. The van der Waals surface area contributed by atoms with Crippen molar-refractivity contribution in [2.75, 3.05) is 18.5 Å². The molecule has 0 saturated heterocycles. The summed E-state index contributed by atoms with van der Waals surface area (Å²) in [6.07, 6.45) is 2.97. The molecule has 0 aliphatic carbocycles. The Morgan fingerprint density at radius 2 is 2.22 bits per heavy atom. The summed E-state index contributed by atoms with van der Waals surface area (Å²) in [4.78, 5) is 8.29. The van der Waals surface area contributed by atoms with E-state index >= 15 is 0 Å². The molecule has 0 radical (unpaired) electrons. The summed E-state index contributed by atoms with van der Waals surface area (Å²) in [6, 6.07) is 1.73. The van der Waals surface area contributed by atoms with E-state index in [1.165, 1.54) is 0 Å². The maximum absolute atomic E-state index is 9.74. The van der Waals surface area contributed by atoms with Gasteiger partial charge >= 0.3 is 0 Å². The largest absolute Gasteiger partial charge is 0.478 e. The Hall–Kier alpha value is -1.36. The highest BCUT2D eigenvalue weighted by Crippen LogP contribution is 2.10. The summed E-state index contributed by atoms with van der Waals surface area (Å²) in [5.74, 6) is 1.53. The molecule has 0 aromatic carbocycles. The molecule has 2 N–H and O–H groups in total. The second-order valence-corrected chi connectivity index (χ2v) is 4.73. The zero-order valence-electron chi connectivity index (χ0n) is 11.4. The Kier molecular flexibility index (Phi) is 6.43. The predicted molar refractivity (Wildman–Crippen MR) is 71.8 cm³/mol. The molecule has 1 aromatic heterocycles. The van der Waals surface area contributed by atoms with Crippen molar-refractivity contribution in [2.45, 2.75) is 39.7 Å². The molecule has 1 heterocycles. The van der Waals surface area contributed by atoms with E-state index in [0.717, 1.165) is 12.8 Å². The maximum atomic E-state index is 9.74. The quantitative estimate of drug-likeness (QED) is 0.742. The van der Waals surface area contributed by atoms with Crippen LogP contribution in [0.1, 0.15) is 33.6 Å². The number of nitrogens with zero attached hydrogens (tertiary/aromatic N) is 2. The van der Waals surface area contributed by atoms with Crippen LogP contribution in [0, 0.1) is 5.92 Å². The summed E-state index contributed by atoms with van der Waals surface area (Å²) in [5.41, 5.74) is 0. The van der Waals surface area contributed by atoms with Crippen LogP contribution >= 0.6 is 0 Å². The van der Waals surface area contributed by atoms with Crippen LogP contribution in [0.25, 0.3) is 0 Å². The van der Waals surface area contributed by atoms with Crippen molar-refractivity contribution in [1.29, 1.82) is 0 Å². The Bertz CT molecular complexity index is 345. The molecule has 0 aliphatic rings. The zero-order valence-corrected chi connectivity index (χ0v) is 11.4. The Balaban J connectivity index is 2.41. The van der Waals surface area contributed by atoms with Gasteiger partial charge < -0.3 is 15.2 Å². The third-order valence-corrected chi connectivity index (χ3v) is 2.32. The molecule has 1 unspecified atom stereocenters. The van der Waals surface area contributed by atoms with Gasteiger partial charge in [0.25, 0.3) is 0 Å². The van der Waals surface area contributed by atoms with Crippen LogP contribution in [0.3, 0.4) is 0 Å². The first-order chi connectivity index (χ1) is 8.61. The van der Waals surface area contributed by atoms with Gasteiger partial charge in [-0.05, 0) is 18.8 Å². The average molecular weight is 253 g/mol. The van der Waals surface area contributed by atoms with Crippen LogP contribution in [0.4, 0.5) is 5.95 Å². The lowest BCUT2D eigenvalue weighted by Gasteiger charge is -2.14. The Morgan fingerprint density at radius 3 is 2.89 bits per heavy atom. The number of anilines is 1. The van der Waals surface area contributed by atoms with Crippen molar-refractivity contribution in [3.63, 3.8) is 0 Å². The van der Waals surface area contributed by atoms with Crippen LogP contribution in [-0.2, 0) is 0 Å². The van der Waals surface area contributed by atoms with E-state index in [-0.39, 0.29) is 6.10 Å². The predicted octanol–water partition coefficient (Wildman–Crippen LogP) is 2.08. The van der Waals surface area contributed by atoms with Crippen LogP contribution < -0.4 is 10.1 Å². The summed E-state index contributed by atoms with van der Waals surface area (Å²) in [7, 11) is 0. The van der Waals surface area contributed by atoms with E-state index < -0.39 is 0 Å². The fraction of sp³-hybridized carbons (Fsp3) is 0.692. The third kappa shape index (κ3) is 5.82. The van der Waals surface area contributed by atoms with Gasteiger partial charge in [-0.1, -0.05) is 20.8 Å². The van der Waals surface area contributed by atoms with Crippen LogP contribution in [0.5, 0.6) is 5.88 Å². The summed E-state index contributed by atoms with van der Waals surface area (Å²) in [5, 5.41) is 12.8. The van der Waals surface area contributed by atoms with Crippen LogP contribution in [0.2, 0.25) is 0 Å². The fourth-order valence-corrected chi connectivity index (χ4v) is 1.55. The molecule has 1 rings (SSSR count). The Labute approximate surface area is 109 Å². The second-order valence-electron chi connectivity index (χ2n) is 4.73. The minimum atomic E-state index is -0.381. The lowest BCUT2D eigenvalue weighted by Crippen LogP contribution is -2.22. The van der Waals surface area contributed by atoms with Gasteiger partial charge in [-0.2, -0.15) is 4.98 Å². The minimum absolute atomic E-state index is 0.381. The van der Waals surface area contributed by atoms with E-state index in [0.29, 0.717) is 30.9 Å². The molecule has 0 bridgehead atoms. The molecule has 18 heavy (non-hydrogen) atoms. The van der Waals surface area contributed by atoms with Crippen molar-refractivity contribution in [2.24, 2.45) is 5.92 Å². The molecular formula is C13H23N3O2. The van der Waals surface area contributed by atoms with Gasteiger partial charge in [-0.25, -0.2) is 4.98 Å². The SMILES string of the molecule is CCCOc1ccnc(NCC(O)CC(C)C)n1. The highest BCUT2D eigenvalue weighted by atomic mass is 16.5. The van der Waals surface area contributed by atoms with Crippen molar-refractivity contribution in [1.82, 2.24) is 9.97 Å². The summed E-state index contributed by atoms with van der Waals surface area (Å²) < 4.78 is 5.41. The van der Waals surface area contributed by atoms with E-state index in [1.54, 1.807) is 12.3 Å². The molecule has 0 fully saturated rings. The van der Waals surface area contributed by atoms with Gasteiger partial charge in [-0.3, -0.25) is 0 Å². The maximum Gasteiger partial charge on any atom is 0.226 e. The number of aliphatic hydroxyl groups excluding tert-OH is 1. The number of aromatic nitrogens is 2. The van der Waals surface area contributed by atoms with Crippen LogP contribution in [-0.4, -0.2) is 34.3 Å². The highest BCUT2D eigenvalue weighted by Gasteiger charge is 2.07. The topological polar surface area (TPSA) is 67.3 Å². The lowest BCUT2D eigenvalue weighted by atomic mass is 10.1. The molecule has 1 atom stereocenters. The summed E-state index contributed by atoms with van der Waals surface area (Å²) >= 11 is 0. The number of rotatable bonds is 8. The van der Waals surface area contributed by atoms with E-state index in [1.807, 2.05) is 6.92 Å². The number of hydrogen-bond donors (Lipinski definition) is 2. The normalized spacial score (nSPS) is 12.5. The van der Waals surface area contributed by atoms with Crippen molar-refractivity contribution in [3.8, 4) is 5.88 Å². The van der Waals surface area contributed by atoms with Gasteiger partial charge in [0.05, 0.1) is 12.7 Å². The first kappa shape index (κ1) is 14.7. The molecule has 0 amide bonds. The van der Waals surface area contributed by atoms with E-state index in [2.05, 4.69) is 29.1 Å². The zero-order chi connectivity index (χ0) is 13.4. The number of ether oxygens (including phenoxy) is 1. The molecular weight excluding hydrogens is 230 g/mol. The van der Waals surface area contributed by atoms with Gasteiger partial charge in [-0.15, -0.1) is 0 Å². The monoisotopic (exact) mass is 253 g/mol. The summed E-state index contributed by atoms with van der Waals surface area (Å²) in [6.45, 7) is 7.31. The van der Waals surface area contributed by atoms with Crippen molar-refractivity contribution >= 4 is 5.95 Å². The minimum Gasteiger partial charge on any atom is -0.478 e. The van der Waals surface area contributed by atoms with Gasteiger partial charge in [0.2, 0.25) is 11.8 Å². The Morgan fingerprint density at radius 1 is 1.44 bits per heavy atom. The lowest BCUT2D eigenvalue weighted by molar-refractivity contribution is 0.161. The number of hydrogen-bond acceptors (Lipinski definition) is 5. The number of aliphatic hydroxyl groups is 1. The molecule has 1 aromatic rings. The van der Waals surface area contributed by atoms with E-state index in [4.69, 9.17) is 4.74 Å². The average Bonchev–Trinajstić information content (AvgIpc) is 2.33. The molecule has 5 heteroatoms. The van der Waals surface area contributed by atoms with Crippen LogP contribution in [0.15, 0.2) is 12.3 Å². The molecule has 102 valence electrons. The van der Waals surface area contributed by atoms with Crippen molar-refractivity contribution in [3.05, 3.63) is 12.3 Å². The second kappa shape index (κ2) is 7.87. The fourth-order valence-electron chi connectivity index (χ4n) is 1.55. The molecule has 5 nitrogen and oxygen atoms in total. The van der Waals surface area contributed by atoms with Gasteiger partial charge in [0.1, 0.15) is 0 Å². The van der Waals surface area contributed by atoms with E-state index in [9.17, 15) is 5.11 Å². The molecule has 0 saturated carbocycles. The molecule has 0 aliphatic heterocycles. The highest BCUT2D eigenvalue weighted by molar-refractivity contribution is 5.27. The number of nitrogens with one attached hydrogen (secondary N) is 1.